The predicted molar refractivity (Wildman–Crippen MR) is 102 cm³/mol. The van der Waals surface area contributed by atoms with Gasteiger partial charge in [0.15, 0.2) is 0 Å². The van der Waals surface area contributed by atoms with E-state index in [4.69, 9.17) is 16.3 Å². The number of hydrogen-bond donors (Lipinski definition) is 2. The van der Waals surface area contributed by atoms with Gasteiger partial charge in [0.1, 0.15) is 23.7 Å². The highest BCUT2D eigenvalue weighted by atomic mass is 35.5. The molecule has 0 aliphatic rings. The first kappa shape index (κ1) is 17.0. The molecule has 6 heteroatoms. The zero-order chi connectivity index (χ0) is 17.5. The van der Waals surface area contributed by atoms with Crippen LogP contribution in [0.5, 0.6) is 5.75 Å². The number of benzene rings is 2. The number of nitrogens with zero attached hydrogens (tertiary/aromatic N) is 2. The predicted octanol–water partition coefficient (Wildman–Crippen LogP) is 4.54. The van der Waals surface area contributed by atoms with Crippen LogP contribution in [0.4, 0.5) is 17.3 Å². The number of anilines is 3. The Labute approximate surface area is 152 Å². The Morgan fingerprint density at radius 3 is 2.56 bits per heavy atom. The van der Waals surface area contributed by atoms with Crippen molar-refractivity contribution in [2.45, 2.75) is 6.42 Å². The smallest absolute Gasteiger partial charge is 0.135 e. The summed E-state index contributed by atoms with van der Waals surface area (Å²) in [5.41, 5.74) is 2.08. The Morgan fingerprint density at radius 2 is 1.76 bits per heavy atom. The Morgan fingerprint density at radius 1 is 1.00 bits per heavy atom. The van der Waals surface area contributed by atoms with Crippen LogP contribution < -0.4 is 15.4 Å². The molecule has 0 radical (unpaired) electrons. The summed E-state index contributed by atoms with van der Waals surface area (Å²) in [5.74, 6) is 2.38. The second kappa shape index (κ2) is 8.35. The number of halogens is 1. The van der Waals surface area contributed by atoms with Gasteiger partial charge in [-0.05, 0) is 42.3 Å². The molecule has 0 bridgehead atoms. The molecule has 0 amide bonds. The molecule has 0 saturated carbocycles. The van der Waals surface area contributed by atoms with Crippen LogP contribution in [0.1, 0.15) is 5.56 Å². The number of ether oxygens (including phenoxy) is 1. The van der Waals surface area contributed by atoms with Gasteiger partial charge in [-0.2, -0.15) is 0 Å². The standard InChI is InChI=1S/C19H19ClN4O/c1-25-17-5-3-2-4-14(17)10-11-21-18-12-19(23-13-22-18)24-16-8-6-15(20)7-9-16/h2-9,12-13H,10-11H2,1H3,(H2,21,22,23,24). The van der Waals surface area contributed by atoms with E-state index in [-0.39, 0.29) is 0 Å². The fourth-order valence-corrected chi connectivity index (χ4v) is 2.56. The molecule has 0 saturated heterocycles. The molecular weight excluding hydrogens is 336 g/mol. The summed E-state index contributed by atoms with van der Waals surface area (Å²) in [4.78, 5) is 8.49. The van der Waals surface area contributed by atoms with E-state index in [9.17, 15) is 0 Å². The van der Waals surface area contributed by atoms with Crippen LogP contribution in [0.3, 0.4) is 0 Å². The number of nitrogens with one attached hydrogen (secondary N) is 2. The molecule has 2 aromatic carbocycles. The minimum atomic E-state index is 0.701. The highest BCUT2D eigenvalue weighted by molar-refractivity contribution is 6.30. The molecule has 1 aromatic heterocycles. The maximum absolute atomic E-state index is 5.90. The largest absolute Gasteiger partial charge is 0.496 e. The van der Waals surface area contributed by atoms with E-state index in [0.717, 1.165) is 41.6 Å². The number of rotatable bonds is 7. The Bertz CT molecular complexity index is 824. The minimum absolute atomic E-state index is 0.701. The third-order valence-corrected chi connectivity index (χ3v) is 3.93. The van der Waals surface area contributed by atoms with Crippen LogP contribution in [0, 0.1) is 0 Å². The first-order chi connectivity index (χ1) is 12.2. The molecule has 0 atom stereocenters. The fourth-order valence-electron chi connectivity index (χ4n) is 2.44. The third-order valence-electron chi connectivity index (χ3n) is 3.68. The van der Waals surface area contributed by atoms with Gasteiger partial charge in [-0.15, -0.1) is 0 Å². The van der Waals surface area contributed by atoms with Gasteiger partial charge in [-0.25, -0.2) is 9.97 Å². The monoisotopic (exact) mass is 354 g/mol. The van der Waals surface area contributed by atoms with Crippen LogP contribution in [-0.2, 0) is 6.42 Å². The Kier molecular flexibility index (Phi) is 5.69. The summed E-state index contributed by atoms with van der Waals surface area (Å²) in [6, 6.07) is 17.3. The quantitative estimate of drug-likeness (QED) is 0.652. The maximum Gasteiger partial charge on any atom is 0.135 e. The molecule has 0 spiro atoms. The van der Waals surface area contributed by atoms with E-state index in [1.54, 1.807) is 7.11 Å². The molecule has 3 aromatic rings. The highest BCUT2D eigenvalue weighted by Gasteiger charge is 2.03. The molecule has 2 N–H and O–H groups in total. The van der Waals surface area contributed by atoms with Gasteiger partial charge in [0, 0.05) is 23.3 Å². The van der Waals surface area contributed by atoms with Crippen LogP contribution in [0.15, 0.2) is 60.9 Å². The number of hydrogen-bond acceptors (Lipinski definition) is 5. The van der Waals surface area contributed by atoms with Crippen molar-refractivity contribution in [3.63, 3.8) is 0 Å². The lowest BCUT2D eigenvalue weighted by molar-refractivity contribution is 0.410. The summed E-state index contributed by atoms with van der Waals surface area (Å²) < 4.78 is 5.37. The number of para-hydroxylation sites is 1. The van der Waals surface area contributed by atoms with E-state index in [1.165, 1.54) is 6.33 Å². The van der Waals surface area contributed by atoms with Gasteiger partial charge in [-0.3, -0.25) is 0 Å². The lowest BCUT2D eigenvalue weighted by atomic mass is 10.1. The molecule has 128 valence electrons. The summed E-state index contributed by atoms with van der Waals surface area (Å²) in [6.07, 6.45) is 2.37. The van der Waals surface area contributed by atoms with Crippen LogP contribution in [0.2, 0.25) is 5.02 Å². The second-order valence-corrected chi connectivity index (χ2v) is 5.85. The van der Waals surface area contributed by atoms with Crippen molar-refractivity contribution in [3.8, 4) is 5.75 Å². The zero-order valence-corrected chi connectivity index (χ0v) is 14.6. The first-order valence-electron chi connectivity index (χ1n) is 7.95. The topological polar surface area (TPSA) is 59.1 Å². The van der Waals surface area contributed by atoms with Crippen molar-refractivity contribution in [2.75, 3.05) is 24.3 Å². The molecular formula is C19H19ClN4O. The summed E-state index contributed by atoms with van der Waals surface area (Å²) in [7, 11) is 1.69. The van der Waals surface area contributed by atoms with E-state index in [1.807, 2.05) is 48.5 Å². The summed E-state index contributed by atoms with van der Waals surface area (Å²) in [6.45, 7) is 0.748. The maximum atomic E-state index is 5.90. The first-order valence-corrected chi connectivity index (χ1v) is 8.33. The molecule has 0 aliphatic heterocycles. The molecule has 1 heterocycles. The lowest BCUT2D eigenvalue weighted by Gasteiger charge is -2.10. The van der Waals surface area contributed by atoms with Crippen LogP contribution in [0.25, 0.3) is 0 Å². The third kappa shape index (κ3) is 4.84. The number of methoxy groups -OCH3 is 1. The molecule has 0 unspecified atom stereocenters. The molecule has 5 nitrogen and oxygen atoms in total. The van der Waals surface area contributed by atoms with Crippen LogP contribution in [-0.4, -0.2) is 23.6 Å². The van der Waals surface area contributed by atoms with Gasteiger partial charge in [0.25, 0.3) is 0 Å². The normalized spacial score (nSPS) is 10.3. The van der Waals surface area contributed by atoms with Crippen molar-refractivity contribution in [2.24, 2.45) is 0 Å². The average Bonchev–Trinajstić information content (AvgIpc) is 2.64. The van der Waals surface area contributed by atoms with Crippen molar-refractivity contribution >= 4 is 28.9 Å². The van der Waals surface area contributed by atoms with Crippen molar-refractivity contribution in [1.82, 2.24) is 9.97 Å². The molecule has 0 fully saturated rings. The van der Waals surface area contributed by atoms with E-state index >= 15 is 0 Å². The highest BCUT2D eigenvalue weighted by Crippen LogP contribution is 2.20. The van der Waals surface area contributed by atoms with Crippen molar-refractivity contribution in [1.29, 1.82) is 0 Å². The summed E-state index contributed by atoms with van der Waals surface area (Å²) >= 11 is 5.90. The zero-order valence-electron chi connectivity index (χ0n) is 13.9. The Hall–Kier alpha value is -2.79. The lowest BCUT2D eigenvalue weighted by Crippen LogP contribution is -2.08. The molecule has 0 aliphatic carbocycles. The van der Waals surface area contributed by atoms with E-state index in [2.05, 4.69) is 26.7 Å². The Balaban J connectivity index is 1.59. The van der Waals surface area contributed by atoms with Gasteiger partial charge in [0.05, 0.1) is 7.11 Å². The summed E-state index contributed by atoms with van der Waals surface area (Å²) in [5, 5.41) is 7.24. The molecule has 25 heavy (non-hydrogen) atoms. The van der Waals surface area contributed by atoms with Gasteiger partial charge < -0.3 is 15.4 Å². The van der Waals surface area contributed by atoms with Gasteiger partial charge in [-0.1, -0.05) is 29.8 Å². The van der Waals surface area contributed by atoms with Crippen LogP contribution >= 0.6 is 11.6 Å². The van der Waals surface area contributed by atoms with E-state index in [0.29, 0.717) is 5.02 Å². The van der Waals surface area contributed by atoms with Crippen molar-refractivity contribution < 1.29 is 4.74 Å². The van der Waals surface area contributed by atoms with Gasteiger partial charge in [0.2, 0.25) is 0 Å². The van der Waals surface area contributed by atoms with Gasteiger partial charge >= 0.3 is 0 Å². The fraction of sp³-hybridized carbons (Fsp3) is 0.158. The van der Waals surface area contributed by atoms with Crippen molar-refractivity contribution in [3.05, 3.63) is 71.5 Å². The van der Waals surface area contributed by atoms with E-state index < -0.39 is 0 Å². The number of aromatic nitrogens is 2. The average molecular weight is 355 g/mol. The SMILES string of the molecule is COc1ccccc1CCNc1cc(Nc2ccc(Cl)cc2)ncn1. The minimum Gasteiger partial charge on any atom is -0.496 e. The molecule has 3 rings (SSSR count). The second-order valence-electron chi connectivity index (χ2n) is 5.41.